The maximum atomic E-state index is 12.6. The monoisotopic (exact) mass is 980 g/mol. The Morgan fingerprint density at radius 1 is 0.603 bits per heavy atom. The van der Waals surface area contributed by atoms with Crippen LogP contribution in [-0.2, 0) is 47.9 Å². The van der Waals surface area contributed by atoms with Crippen LogP contribution < -0.4 is 37.2 Å². The quantitative estimate of drug-likeness (QED) is 0.0331. The van der Waals surface area contributed by atoms with Crippen molar-refractivity contribution in [3.05, 3.63) is 29.8 Å². The Morgan fingerprint density at radius 2 is 1.10 bits per heavy atom. The van der Waals surface area contributed by atoms with Gasteiger partial charge in [0.25, 0.3) is 17.8 Å². The van der Waals surface area contributed by atoms with Gasteiger partial charge in [0.05, 0.1) is 18.7 Å². The largest absolute Gasteiger partial charge is 0.481 e. The van der Waals surface area contributed by atoms with E-state index in [1.54, 1.807) is 6.92 Å². The van der Waals surface area contributed by atoms with Crippen LogP contribution in [0.25, 0.3) is 0 Å². The Labute approximate surface area is 393 Å². The van der Waals surface area contributed by atoms with Gasteiger partial charge in [-0.05, 0) is 44.2 Å². The highest BCUT2D eigenvalue weighted by atomic mass is 19.1. The lowest BCUT2D eigenvalue weighted by atomic mass is 10.1. The predicted octanol–water partition coefficient (Wildman–Crippen LogP) is 0.933. The van der Waals surface area contributed by atoms with Gasteiger partial charge < -0.3 is 67.9 Å². The summed E-state index contributed by atoms with van der Waals surface area (Å²) in [4.78, 5) is 129. The van der Waals surface area contributed by atoms with Crippen molar-refractivity contribution in [2.45, 2.75) is 118 Å². The first-order chi connectivity index (χ1) is 31.9. The van der Waals surface area contributed by atoms with Gasteiger partial charge in [-0.3, -0.25) is 47.9 Å². The first-order valence-corrected chi connectivity index (χ1v) is 21.1. The Kier molecular flexibility index (Phi) is 50.1. The normalized spacial score (nSPS) is 9.62. The van der Waals surface area contributed by atoms with Crippen molar-refractivity contribution in [2.24, 2.45) is 0 Å². The topological polar surface area (TPSA) is 423 Å². The molecule has 0 saturated heterocycles. The van der Waals surface area contributed by atoms with Gasteiger partial charge in [0.1, 0.15) is 19.1 Å². The van der Waals surface area contributed by atoms with Crippen molar-refractivity contribution in [1.82, 2.24) is 42.2 Å². The van der Waals surface area contributed by atoms with Crippen LogP contribution in [0.3, 0.4) is 0 Å². The summed E-state index contributed by atoms with van der Waals surface area (Å²) in [7, 11) is 0. The first kappa shape index (κ1) is 69.6. The highest BCUT2D eigenvalue weighted by molar-refractivity contribution is 5.96. The van der Waals surface area contributed by atoms with Gasteiger partial charge in [-0.25, -0.2) is 14.6 Å². The number of hydrogen-bond acceptors (Lipinski definition) is 13. The van der Waals surface area contributed by atoms with Crippen LogP contribution in [0.15, 0.2) is 18.3 Å². The number of aromatic nitrogens is 1. The van der Waals surface area contributed by atoms with E-state index < -0.39 is 97.7 Å². The zero-order valence-corrected chi connectivity index (χ0v) is 39.0. The number of hydrogen-bond donors (Lipinski definition) is 13. The van der Waals surface area contributed by atoms with E-state index in [1.165, 1.54) is 18.9 Å². The molecule has 0 aliphatic carbocycles. The number of carbonyl (C=O) groups excluding carboxylic acids is 6. The van der Waals surface area contributed by atoms with E-state index >= 15 is 0 Å². The molecular weight excluding hydrogens is 911 g/mol. The van der Waals surface area contributed by atoms with Crippen LogP contribution in [0, 0.1) is 5.95 Å². The van der Waals surface area contributed by atoms with Gasteiger partial charge in [-0.15, -0.1) is 0 Å². The molecule has 1 aromatic heterocycles. The van der Waals surface area contributed by atoms with Crippen LogP contribution in [-0.4, -0.2) is 153 Å². The maximum absolute atomic E-state index is 12.6. The molecule has 13 N–H and O–H groups in total. The van der Waals surface area contributed by atoms with Gasteiger partial charge in [0.2, 0.25) is 30.1 Å². The molecule has 26 nitrogen and oxygen atoms in total. The zero-order valence-electron chi connectivity index (χ0n) is 39.0. The van der Waals surface area contributed by atoms with Gasteiger partial charge in [0.15, 0.2) is 0 Å². The summed E-state index contributed by atoms with van der Waals surface area (Å²) in [5, 5.41) is 64.5. The Hall–Kier alpha value is -7.48. The van der Waals surface area contributed by atoms with Gasteiger partial charge in [-0.1, -0.05) is 52.9 Å². The molecule has 7 amide bonds. The number of urea groups is 1. The number of nitrogens with zero attached hydrogens (tertiary/aromatic N) is 1. The van der Waals surface area contributed by atoms with E-state index in [9.17, 15) is 52.3 Å². The molecule has 1 aromatic rings. The predicted molar refractivity (Wildman–Crippen MR) is 240 cm³/mol. The third-order valence-corrected chi connectivity index (χ3v) is 7.10. The standard InChI is InChI=1S/C17H31N3O6.C12H13FN4O5.C5H11NO.C3H6O2.2C2H4O2/c1-2-3-4-5-6-10-14(21)18-11-8-7-9-13(16(24)25)20-17(26)19-12-15(22)23;13-8-2-1-7(3-14-8)12(22)17-5-10(19)15-4-9(18)16-6-11(20)21;1-2-3-4-6-5-7;1-2-3(4)5;2*1-2(3)4/h13H,2-12H2,1H3,(H,18,21)(H,22,23)(H,24,25)(H2,19,20,26);1-3H,4-6H2,(H,15,19)(H,16,18)(H,17,22)(H,20,21);5H,2-4H2,1H3,(H,6,7);2H2,1H3,(H,4,5);2*1H3,(H,3,4). The molecule has 388 valence electrons. The Bertz CT molecular complexity index is 1630. The molecular formula is C41H69FN8O18. The zero-order chi connectivity index (χ0) is 53.3. The molecule has 1 unspecified atom stereocenters. The maximum Gasteiger partial charge on any atom is 0.326 e. The van der Waals surface area contributed by atoms with Crippen molar-refractivity contribution in [2.75, 3.05) is 39.3 Å². The summed E-state index contributed by atoms with van der Waals surface area (Å²) in [5.74, 6) is -8.70. The fourth-order valence-electron chi connectivity index (χ4n) is 3.89. The van der Waals surface area contributed by atoms with Crippen LogP contribution in [0.4, 0.5) is 9.18 Å². The smallest absolute Gasteiger partial charge is 0.326 e. The van der Waals surface area contributed by atoms with Crippen LogP contribution in [0.2, 0.25) is 0 Å². The highest BCUT2D eigenvalue weighted by Gasteiger charge is 2.19. The SMILES string of the molecule is CC(=O)O.CC(=O)O.CCC(=O)O.CCCCCCCC(=O)NCCCCC(NC(=O)NCC(=O)O)C(=O)O.CCCCNC=O.O=C(O)CNC(=O)CNC(=O)CNC(=O)c1ccc(F)nc1. The summed E-state index contributed by atoms with van der Waals surface area (Å²) >= 11 is 0. The van der Waals surface area contributed by atoms with Crippen molar-refractivity contribution in [3.63, 3.8) is 0 Å². The molecule has 0 fully saturated rings. The molecule has 0 bridgehead atoms. The number of rotatable bonds is 27. The second-order valence-corrected chi connectivity index (χ2v) is 13.3. The number of carboxylic acid groups (broad SMARTS) is 6. The van der Waals surface area contributed by atoms with Gasteiger partial charge >= 0.3 is 29.9 Å². The van der Waals surface area contributed by atoms with Gasteiger partial charge in [-0.2, -0.15) is 4.39 Å². The molecule has 0 aliphatic rings. The first-order valence-electron chi connectivity index (χ1n) is 21.1. The third-order valence-electron chi connectivity index (χ3n) is 7.10. The minimum absolute atomic E-state index is 0.00227. The van der Waals surface area contributed by atoms with Gasteiger partial charge in [0, 0.05) is 46.0 Å². The summed E-state index contributed by atoms with van der Waals surface area (Å²) in [6.07, 6.45) is 11.4. The average Bonchev–Trinajstić information content (AvgIpc) is 3.26. The van der Waals surface area contributed by atoms with E-state index in [4.69, 9.17) is 40.2 Å². The molecule has 0 radical (unpaired) electrons. The number of nitrogens with one attached hydrogen (secondary N) is 7. The summed E-state index contributed by atoms with van der Waals surface area (Å²) in [6, 6.07) is 0.269. The van der Waals surface area contributed by atoms with Crippen LogP contribution in [0.1, 0.15) is 122 Å². The molecule has 68 heavy (non-hydrogen) atoms. The Balaban J connectivity index is -0.000000279. The number of pyridine rings is 1. The number of carbonyl (C=O) groups is 12. The van der Waals surface area contributed by atoms with Crippen molar-refractivity contribution in [1.29, 1.82) is 0 Å². The van der Waals surface area contributed by atoms with Crippen LogP contribution in [0.5, 0.6) is 0 Å². The Morgan fingerprint density at radius 3 is 1.56 bits per heavy atom. The van der Waals surface area contributed by atoms with E-state index in [0.29, 0.717) is 25.8 Å². The number of aliphatic carboxylic acids is 6. The second-order valence-electron chi connectivity index (χ2n) is 13.3. The molecule has 0 aromatic carbocycles. The van der Waals surface area contributed by atoms with E-state index in [0.717, 1.165) is 71.2 Å². The van der Waals surface area contributed by atoms with E-state index in [1.807, 2.05) is 10.6 Å². The lowest BCUT2D eigenvalue weighted by Crippen LogP contribution is -2.47. The average molecular weight is 981 g/mol. The number of carboxylic acids is 6. The fourth-order valence-corrected chi connectivity index (χ4v) is 3.89. The van der Waals surface area contributed by atoms with Crippen LogP contribution >= 0.6 is 0 Å². The molecule has 1 rings (SSSR count). The van der Waals surface area contributed by atoms with Crippen molar-refractivity contribution < 1.29 is 92.6 Å². The summed E-state index contributed by atoms with van der Waals surface area (Å²) in [6.45, 7) is 7.33. The minimum atomic E-state index is -1.21. The number of unbranched alkanes of at least 4 members (excludes halogenated alkanes) is 6. The third kappa shape index (κ3) is 62.8. The van der Waals surface area contributed by atoms with E-state index in [-0.39, 0.29) is 24.3 Å². The van der Waals surface area contributed by atoms with Crippen molar-refractivity contribution >= 4 is 71.9 Å². The lowest BCUT2D eigenvalue weighted by Gasteiger charge is -2.14. The molecule has 1 atom stereocenters. The lowest BCUT2D eigenvalue weighted by molar-refractivity contribution is -0.139. The molecule has 1 heterocycles. The molecule has 0 aliphatic heterocycles. The highest BCUT2D eigenvalue weighted by Crippen LogP contribution is 2.05. The second kappa shape index (κ2) is 49.0. The van der Waals surface area contributed by atoms with Crippen molar-refractivity contribution in [3.8, 4) is 0 Å². The number of amides is 7. The number of halogens is 1. The van der Waals surface area contributed by atoms with E-state index in [2.05, 4.69) is 45.4 Å². The molecule has 0 saturated carbocycles. The summed E-state index contributed by atoms with van der Waals surface area (Å²) in [5.41, 5.74) is 0.0772. The molecule has 0 spiro atoms. The fraction of sp³-hybridized carbons (Fsp3) is 0.585. The molecule has 27 heteroatoms. The summed E-state index contributed by atoms with van der Waals surface area (Å²) < 4.78 is 12.6. The minimum Gasteiger partial charge on any atom is -0.481 e.